The molecule has 1 aliphatic rings. The maximum absolute atomic E-state index is 11.8. The van der Waals surface area contributed by atoms with Crippen LogP contribution in [0.5, 0.6) is 5.75 Å². The molecule has 1 aromatic carbocycles. The maximum atomic E-state index is 11.8. The highest BCUT2D eigenvalue weighted by Crippen LogP contribution is 2.26. The molecule has 106 valence electrons. The van der Waals surface area contributed by atoms with Gasteiger partial charge in [0, 0.05) is 13.8 Å². The van der Waals surface area contributed by atoms with Crippen LogP contribution < -0.4 is 4.74 Å². The van der Waals surface area contributed by atoms with E-state index in [-0.39, 0.29) is 5.57 Å². The van der Waals surface area contributed by atoms with Gasteiger partial charge in [-0.05, 0) is 46.4 Å². The van der Waals surface area contributed by atoms with E-state index in [0.29, 0.717) is 11.3 Å². The fourth-order valence-electron chi connectivity index (χ4n) is 1.71. The summed E-state index contributed by atoms with van der Waals surface area (Å²) in [5.41, 5.74) is 0.526. The van der Waals surface area contributed by atoms with E-state index >= 15 is 0 Å². The number of halogens is 1. The molecule has 20 heavy (non-hydrogen) atoms. The molecule has 1 aromatic rings. The zero-order valence-electron chi connectivity index (χ0n) is 11.2. The highest BCUT2D eigenvalue weighted by Gasteiger charge is 2.38. The van der Waals surface area contributed by atoms with Crippen molar-refractivity contribution in [3.8, 4) is 5.75 Å². The number of ether oxygens (including phenoxy) is 3. The zero-order valence-corrected chi connectivity index (χ0v) is 13.4. The van der Waals surface area contributed by atoms with Crippen LogP contribution >= 0.6 is 22.6 Å². The first kappa shape index (κ1) is 14.8. The van der Waals surface area contributed by atoms with Crippen LogP contribution in [0.2, 0.25) is 0 Å². The minimum Gasteiger partial charge on any atom is -0.496 e. The Balaban J connectivity index is 2.35. The van der Waals surface area contributed by atoms with E-state index in [2.05, 4.69) is 22.6 Å². The predicted molar refractivity (Wildman–Crippen MR) is 80.0 cm³/mol. The topological polar surface area (TPSA) is 61.8 Å². The average molecular weight is 388 g/mol. The molecule has 0 bridgehead atoms. The second-order valence-electron chi connectivity index (χ2n) is 4.63. The maximum Gasteiger partial charge on any atom is 0.348 e. The summed E-state index contributed by atoms with van der Waals surface area (Å²) in [7, 11) is 1.56. The van der Waals surface area contributed by atoms with Crippen molar-refractivity contribution < 1.29 is 23.8 Å². The summed E-state index contributed by atoms with van der Waals surface area (Å²) < 4.78 is 16.2. The van der Waals surface area contributed by atoms with E-state index in [4.69, 9.17) is 14.2 Å². The van der Waals surface area contributed by atoms with E-state index in [9.17, 15) is 9.59 Å². The summed E-state index contributed by atoms with van der Waals surface area (Å²) >= 11 is 2.13. The van der Waals surface area contributed by atoms with Gasteiger partial charge in [0.1, 0.15) is 11.3 Å². The molecule has 0 saturated carbocycles. The third-order valence-electron chi connectivity index (χ3n) is 2.60. The van der Waals surface area contributed by atoms with Crippen molar-refractivity contribution in [2.75, 3.05) is 7.11 Å². The highest BCUT2D eigenvalue weighted by molar-refractivity contribution is 14.1. The number of esters is 2. The van der Waals surface area contributed by atoms with Gasteiger partial charge in [-0.3, -0.25) is 0 Å². The first-order valence-corrected chi connectivity index (χ1v) is 6.92. The molecule has 2 rings (SSSR count). The minimum absolute atomic E-state index is 0.132. The third-order valence-corrected chi connectivity index (χ3v) is 3.49. The molecule has 0 N–H and O–H groups in total. The van der Waals surface area contributed by atoms with E-state index in [1.54, 1.807) is 19.2 Å². The molecular formula is C14H13IO5. The van der Waals surface area contributed by atoms with E-state index in [1.807, 2.05) is 6.07 Å². The number of carbonyl (C=O) groups excluding carboxylic acids is 2. The van der Waals surface area contributed by atoms with Gasteiger partial charge in [-0.15, -0.1) is 0 Å². The molecule has 0 radical (unpaired) electrons. The Labute approximate surface area is 130 Å². The third kappa shape index (κ3) is 3.12. The molecule has 6 heteroatoms. The Morgan fingerprint density at radius 1 is 1.20 bits per heavy atom. The van der Waals surface area contributed by atoms with Crippen LogP contribution in [-0.2, 0) is 19.1 Å². The molecule has 1 heterocycles. The number of methoxy groups -OCH3 is 1. The highest BCUT2D eigenvalue weighted by atomic mass is 127. The molecule has 1 fully saturated rings. The summed E-state index contributed by atoms with van der Waals surface area (Å²) in [5.74, 6) is -1.94. The molecule has 0 aliphatic carbocycles. The Kier molecular flexibility index (Phi) is 4.03. The fraction of sp³-hybridized carbons (Fsp3) is 0.286. The van der Waals surface area contributed by atoms with Gasteiger partial charge in [0.05, 0.1) is 10.7 Å². The SMILES string of the molecule is COc1cc(C=C2C(=O)OC(C)(C)OC2=O)ccc1I. The fourth-order valence-corrected chi connectivity index (χ4v) is 2.27. The molecule has 0 unspecified atom stereocenters. The lowest BCUT2D eigenvalue weighted by atomic mass is 10.1. The lowest BCUT2D eigenvalue weighted by molar-refractivity contribution is -0.222. The van der Waals surface area contributed by atoms with Crippen molar-refractivity contribution in [3.05, 3.63) is 32.9 Å². The van der Waals surface area contributed by atoms with E-state index in [0.717, 1.165) is 3.57 Å². The molecule has 1 aliphatic heterocycles. The van der Waals surface area contributed by atoms with Crippen LogP contribution in [0, 0.1) is 3.57 Å². The van der Waals surface area contributed by atoms with Gasteiger partial charge >= 0.3 is 11.9 Å². The summed E-state index contributed by atoms with van der Waals surface area (Å²) in [6, 6.07) is 5.34. The Bertz CT molecular complexity index is 582. The largest absolute Gasteiger partial charge is 0.496 e. The van der Waals surface area contributed by atoms with Gasteiger partial charge in [-0.25, -0.2) is 9.59 Å². The molecule has 5 nitrogen and oxygen atoms in total. The van der Waals surface area contributed by atoms with Crippen LogP contribution in [0.25, 0.3) is 6.08 Å². The second-order valence-corrected chi connectivity index (χ2v) is 5.79. The van der Waals surface area contributed by atoms with Crippen molar-refractivity contribution in [3.63, 3.8) is 0 Å². The number of rotatable bonds is 2. The van der Waals surface area contributed by atoms with Gasteiger partial charge in [0.15, 0.2) is 0 Å². The monoisotopic (exact) mass is 388 g/mol. The minimum atomic E-state index is -1.23. The Morgan fingerprint density at radius 3 is 2.35 bits per heavy atom. The average Bonchev–Trinajstić information content (AvgIpc) is 2.34. The van der Waals surface area contributed by atoms with Crippen LogP contribution in [0.4, 0.5) is 0 Å². The first-order valence-electron chi connectivity index (χ1n) is 5.84. The first-order chi connectivity index (χ1) is 9.32. The summed E-state index contributed by atoms with van der Waals surface area (Å²) in [4.78, 5) is 23.6. The lowest BCUT2D eigenvalue weighted by Gasteiger charge is -2.29. The van der Waals surface area contributed by atoms with Crippen molar-refractivity contribution in [1.82, 2.24) is 0 Å². The van der Waals surface area contributed by atoms with Gasteiger partial charge in [-0.2, -0.15) is 0 Å². The summed E-state index contributed by atoms with van der Waals surface area (Å²) in [6.07, 6.45) is 1.43. The molecule has 1 saturated heterocycles. The number of benzene rings is 1. The van der Waals surface area contributed by atoms with Crippen LogP contribution in [0.1, 0.15) is 19.4 Å². The number of cyclic esters (lactones) is 2. The molecule has 0 atom stereocenters. The lowest BCUT2D eigenvalue weighted by Crippen LogP contribution is -2.41. The van der Waals surface area contributed by atoms with Gasteiger partial charge in [0.2, 0.25) is 0 Å². The van der Waals surface area contributed by atoms with E-state index < -0.39 is 17.7 Å². The summed E-state index contributed by atoms with van der Waals surface area (Å²) in [5, 5.41) is 0. The molecule has 0 amide bonds. The number of hydrogen-bond acceptors (Lipinski definition) is 5. The van der Waals surface area contributed by atoms with E-state index in [1.165, 1.54) is 19.9 Å². The Hall–Kier alpha value is -1.57. The van der Waals surface area contributed by atoms with Gasteiger partial charge < -0.3 is 14.2 Å². The van der Waals surface area contributed by atoms with Crippen molar-refractivity contribution >= 4 is 40.6 Å². The molecular weight excluding hydrogens is 375 g/mol. The molecule has 0 spiro atoms. The number of hydrogen-bond donors (Lipinski definition) is 0. The van der Waals surface area contributed by atoms with Crippen LogP contribution in [0.15, 0.2) is 23.8 Å². The van der Waals surface area contributed by atoms with Crippen LogP contribution in [0.3, 0.4) is 0 Å². The number of carbonyl (C=O) groups is 2. The van der Waals surface area contributed by atoms with Gasteiger partial charge in [0.25, 0.3) is 5.79 Å². The summed E-state index contributed by atoms with van der Waals surface area (Å²) in [6.45, 7) is 3.01. The van der Waals surface area contributed by atoms with Crippen LogP contribution in [-0.4, -0.2) is 24.8 Å². The van der Waals surface area contributed by atoms with Crippen molar-refractivity contribution in [2.45, 2.75) is 19.6 Å². The normalized spacial score (nSPS) is 17.3. The smallest absolute Gasteiger partial charge is 0.348 e. The Morgan fingerprint density at radius 2 is 1.80 bits per heavy atom. The second kappa shape index (κ2) is 5.43. The standard InChI is InChI=1S/C14H13IO5/c1-14(2)19-12(16)9(13(17)20-14)6-8-4-5-10(15)11(7-8)18-3/h4-7H,1-3H3. The zero-order chi connectivity index (χ0) is 14.9. The molecule has 0 aromatic heterocycles. The van der Waals surface area contributed by atoms with Crippen molar-refractivity contribution in [2.24, 2.45) is 0 Å². The van der Waals surface area contributed by atoms with Crippen molar-refractivity contribution in [1.29, 1.82) is 0 Å². The predicted octanol–water partition coefficient (Wildman–Crippen LogP) is 2.52. The quantitative estimate of drug-likeness (QED) is 0.337. The van der Waals surface area contributed by atoms with Gasteiger partial charge in [-0.1, -0.05) is 6.07 Å².